The number of thiocarbonyl (C=S) groups is 1. The second-order valence-corrected chi connectivity index (χ2v) is 8.60. The zero-order valence-corrected chi connectivity index (χ0v) is 18.8. The van der Waals surface area contributed by atoms with Gasteiger partial charge >= 0.3 is 0 Å². The highest BCUT2D eigenvalue weighted by Gasteiger charge is 2.67. The van der Waals surface area contributed by atoms with E-state index in [1.54, 1.807) is 42.5 Å². The van der Waals surface area contributed by atoms with Gasteiger partial charge in [0, 0.05) is 0 Å². The fraction of sp³-hybridized carbons (Fsp3) is 0.261. The first-order valence-corrected chi connectivity index (χ1v) is 10.9. The molecule has 2 amide bonds. The Morgan fingerprint density at radius 1 is 1.24 bits per heavy atom. The van der Waals surface area contributed by atoms with Crippen molar-refractivity contribution in [2.24, 2.45) is 11.8 Å². The van der Waals surface area contributed by atoms with Crippen LogP contribution in [-0.4, -0.2) is 47.2 Å². The Bertz CT molecular complexity index is 1240. The Labute approximate surface area is 199 Å². The number of amides is 2. The van der Waals surface area contributed by atoms with Crippen molar-refractivity contribution in [1.82, 2.24) is 5.32 Å². The monoisotopic (exact) mass is 480 g/mol. The van der Waals surface area contributed by atoms with Crippen molar-refractivity contribution >= 4 is 46.2 Å². The van der Waals surface area contributed by atoms with E-state index in [1.807, 2.05) is 6.07 Å². The zero-order chi connectivity index (χ0) is 24.0. The molecule has 2 N–H and O–H groups in total. The SMILES string of the molecule is COc1ccc(NC(=S)NCC23C=CC(O2)C2C(=O)N(c4ccccc4)C(=O)C23)c([N+](=O)[O-])c1. The largest absolute Gasteiger partial charge is 0.496 e. The number of nitro groups is 1. The number of anilines is 2. The number of methoxy groups -OCH3 is 1. The van der Waals surface area contributed by atoms with E-state index in [-0.39, 0.29) is 34.8 Å². The van der Waals surface area contributed by atoms with Gasteiger partial charge in [0.15, 0.2) is 5.11 Å². The summed E-state index contributed by atoms with van der Waals surface area (Å²) in [5.74, 6) is -1.56. The first-order valence-electron chi connectivity index (χ1n) is 10.5. The van der Waals surface area contributed by atoms with Gasteiger partial charge in [-0.05, 0) is 36.5 Å². The molecule has 5 rings (SSSR count). The molecule has 10 nitrogen and oxygen atoms in total. The van der Waals surface area contributed by atoms with Crippen molar-refractivity contribution in [3.63, 3.8) is 0 Å². The van der Waals surface area contributed by atoms with Gasteiger partial charge in [-0.25, -0.2) is 4.90 Å². The van der Waals surface area contributed by atoms with E-state index in [2.05, 4.69) is 10.6 Å². The molecule has 0 aliphatic carbocycles. The average molecular weight is 481 g/mol. The van der Waals surface area contributed by atoms with Gasteiger partial charge in [-0.1, -0.05) is 30.4 Å². The highest BCUT2D eigenvalue weighted by molar-refractivity contribution is 7.80. The minimum absolute atomic E-state index is 0.110. The summed E-state index contributed by atoms with van der Waals surface area (Å²) in [5.41, 5.74) is -0.537. The minimum Gasteiger partial charge on any atom is -0.496 e. The van der Waals surface area contributed by atoms with Gasteiger partial charge in [-0.15, -0.1) is 0 Å². The molecule has 0 spiro atoms. The number of nitro benzene ring substituents is 1. The molecule has 174 valence electrons. The Morgan fingerprint density at radius 3 is 2.71 bits per heavy atom. The summed E-state index contributed by atoms with van der Waals surface area (Å²) in [5, 5.41) is 17.4. The van der Waals surface area contributed by atoms with Gasteiger partial charge in [0.05, 0.1) is 48.3 Å². The number of hydrogen-bond donors (Lipinski definition) is 2. The summed E-state index contributed by atoms with van der Waals surface area (Å²) in [6, 6.07) is 13.2. The summed E-state index contributed by atoms with van der Waals surface area (Å²) >= 11 is 5.34. The van der Waals surface area contributed by atoms with Gasteiger partial charge in [-0.3, -0.25) is 19.7 Å². The van der Waals surface area contributed by atoms with Crippen LogP contribution in [0.1, 0.15) is 0 Å². The van der Waals surface area contributed by atoms with E-state index in [4.69, 9.17) is 21.7 Å². The van der Waals surface area contributed by atoms with Crippen molar-refractivity contribution in [2.45, 2.75) is 11.7 Å². The van der Waals surface area contributed by atoms with Crippen LogP contribution in [0.2, 0.25) is 0 Å². The van der Waals surface area contributed by atoms with Crippen molar-refractivity contribution in [3.05, 3.63) is 70.8 Å². The van der Waals surface area contributed by atoms with Gasteiger partial charge in [-0.2, -0.15) is 0 Å². The van der Waals surface area contributed by atoms with E-state index in [1.165, 1.54) is 24.1 Å². The molecule has 4 unspecified atom stereocenters. The third-order valence-electron chi connectivity index (χ3n) is 6.34. The number of benzene rings is 2. The van der Waals surface area contributed by atoms with Crippen LogP contribution in [0.5, 0.6) is 5.75 Å². The first-order chi connectivity index (χ1) is 16.3. The lowest BCUT2D eigenvalue weighted by atomic mass is 9.77. The fourth-order valence-corrected chi connectivity index (χ4v) is 5.00. The first kappa shape index (κ1) is 22.0. The van der Waals surface area contributed by atoms with E-state index < -0.39 is 28.5 Å². The molecule has 4 atom stereocenters. The number of carbonyl (C=O) groups excluding carboxylic acids is 2. The van der Waals surface area contributed by atoms with Gasteiger partial charge < -0.3 is 20.1 Å². The number of ether oxygens (including phenoxy) is 2. The quantitative estimate of drug-likeness (QED) is 0.211. The highest BCUT2D eigenvalue weighted by Crippen LogP contribution is 2.52. The predicted molar refractivity (Wildman–Crippen MR) is 127 cm³/mol. The van der Waals surface area contributed by atoms with E-state index in [0.717, 1.165) is 0 Å². The second-order valence-electron chi connectivity index (χ2n) is 8.20. The van der Waals surface area contributed by atoms with Crippen LogP contribution in [-0.2, 0) is 14.3 Å². The third kappa shape index (κ3) is 3.40. The number of nitrogens with one attached hydrogen (secondary N) is 2. The Morgan fingerprint density at radius 2 is 2.00 bits per heavy atom. The molecule has 34 heavy (non-hydrogen) atoms. The van der Waals surface area contributed by atoms with Crippen molar-refractivity contribution < 1.29 is 24.0 Å². The summed E-state index contributed by atoms with van der Waals surface area (Å²) in [7, 11) is 1.42. The molecule has 2 aromatic carbocycles. The summed E-state index contributed by atoms with van der Waals surface area (Å²) < 4.78 is 11.1. The standard InChI is InChI=1S/C23H20N4O6S/c1-32-14-7-8-15(16(11-14)27(30)31)25-22(34)24-12-23-10-9-17(33-23)18-19(23)21(29)26(20(18)28)13-5-3-2-4-6-13/h2-11,17-19H,12H2,1H3,(H2,24,25,34). The van der Waals surface area contributed by atoms with E-state index >= 15 is 0 Å². The number of hydrogen-bond acceptors (Lipinski definition) is 7. The molecule has 3 aliphatic rings. The average Bonchev–Trinajstić information content (AvgIpc) is 3.48. The van der Waals surface area contributed by atoms with Gasteiger partial charge in [0.25, 0.3) is 5.69 Å². The molecule has 0 saturated carbocycles. The zero-order valence-electron chi connectivity index (χ0n) is 18.0. The Hall–Kier alpha value is -3.83. The fourth-order valence-electron chi connectivity index (χ4n) is 4.82. The normalized spacial score (nSPS) is 26.5. The number of nitrogens with zero attached hydrogens (tertiary/aromatic N) is 2. The van der Waals surface area contributed by atoms with E-state index in [0.29, 0.717) is 11.4 Å². The van der Waals surface area contributed by atoms with Gasteiger partial charge in [0.1, 0.15) is 17.0 Å². The predicted octanol–water partition coefficient (Wildman–Crippen LogP) is 2.40. The summed E-state index contributed by atoms with van der Waals surface area (Å²) in [4.78, 5) is 38.6. The molecule has 0 radical (unpaired) electrons. The molecule has 2 saturated heterocycles. The van der Waals surface area contributed by atoms with Crippen LogP contribution < -0.4 is 20.3 Å². The highest BCUT2D eigenvalue weighted by atomic mass is 32.1. The van der Waals surface area contributed by atoms with Crippen LogP contribution in [0.3, 0.4) is 0 Å². The molecule has 3 aliphatic heterocycles. The molecule has 2 aromatic rings. The molecule has 2 fully saturated rings. The number of imide groups is 1. The smallest absolute Gasteiger partial charge is 0.296 e. The molecular formula is C23H20N4O6S. The third-order valence-corrected chi connectivity index (χ3v) is 6.59. The minimum atomic E-state index is -1.05. The lowest BCUT2D eigenvalue weighted by Crippen LogP contribution is -2.49. The van der Waals surface area contributed by atoms with Crippen LogP contribution in [0.4, 0.5) is 17.1 Å². The lowest BCUT2D eigenvalue weighted by Gasteiger charge is -2.29. The Kier molecular flexibility index (Phi) is 5.29. The summed E-state index contributed by atoms with van der Waals surface area (Å²) in [6.07, 6.45) is 3.10. The number of carbonyl (C=O) groups is 2. The Balaban J connectivity index is 1.32. The molecule has 3 heterocycles. The van der Waals surface area contributed by atoms with Gasteiger partial charge in [0.2, 0.25) is 11.8 Å². The van der Waals surface area contributed by atoms with Crippen LogP contribution in [0, 0.1) is 22.0 Å². The maximum atomic E-state index is 13.3. The van der Waals surface area contributed by atoms with Crippen molar-refractivity contribution in [3.8, 4) is 5.75 Å². The molecule has 0 aromatic heterocycles. The van der Waals surface area contributed by atoms with Crippen LogP contribution in [0.25, 0.3) is 0 Å². The second kappa shape index (κ2) is 8.19. The maximum absolute atomic E-state index is 13.3. The van der Waals surface area contributed by atoms with E-state index in [9.17, 15) is 19.7 Å². The number of fused-ring (bicyclic) bond motifs is 5. The number of para-hydroxylation sites is 1. The molecular weight excluding hydrogens is 460 g/mol. The van der Waals surface area contributed by atoms with Crippen molar-refractivity contribution in [1.29, 1.82) is 0 Å². The maximum Gasteiger partial charge on any atom is 0.296 e. The molecule has 2 bridgehead atoms. The summed E-state index contributed by atoms with van der Waals surface area (Å²) in [6.45, 7) is 0.110. The number of rotatable bonds is 6. The topological polar surface area (TPSA) is 123 Å². The lowest BCUT2D eigenvalue weighted by molar-refractivity contribution is -0.384. The van der Waals surface area contributed by atoms with Crippen LogP contribution >= 0.6 is 12.2 Å². The van der Waals surface area contributed by atoms with Crippen molar-refractivity contribution in [2.75, 3.05) is 23.9 Å². The molecule has 11 heteroatoms. The van der Waals surface area contributed by atoms with Crippen LogP contribution in [0.15, 0.2) is 60.7 Å².